The van der Waals surface area contributed by atoms with E-state index in [1.54, 1.807) is 0 Å². The third kappa shape index (κ3) is 4.79. The Morgan fingerprint density at radius 3 is 2.32 bits per heavy atom. The lowest BCUT2D eigenvalue weighted by Gasteiger charge is -2.11. The van der Waals surface area contributed by atoms with Crippen LogP contribution in [0.15, 0.2) is 41.4 Å². The van der Waals surface area contributed by atoms with Gasteiger partial charge in [-0.3, -0.25) is 10.1 Å². The molecule has 0 aliphatic heterocycles. The van der Waals surface area contributed by atoms with Crippen molar-refractivity contribution in [3.63, 3.8) is 0 Å². The minimum absolute atomic E-state index is 0.0410. The standard InChI is InChI=1S/C18H17F3N2O3S2/c1-28(25,26)12-4-2-11(3-5-12)13(6-10-7-14(19)15(20)8-10)17(24)23-18-22-9-16(21)27-18/h2-6,9-10,14-15H,7-8H2,1H3,(H,22,23,24)/b13-6+/t10-,14+,15-. The average molecular weight is 430 g/mol. The molecule has 1 fully saturated rings. The van der Waals surface area contributed by atoms with E-state index in [4.69, 9.17) is 0 Å². The fourth-order valence-corrected chi connectivity index (χ4v) is 4.17. The number of halogens is 3. The second-order valence-corrected chi connectivity index (χ2v) is 9.56. The first-order valence-electron chi connectivity index (χ1n) is 8.36. The minimum Gasteiger partial charge on any atom is -0.298 e. The molecule has 2 aromatic rings. The van der Waals surface area contributed by atoms with Gasteiger partial charge < -0.3 is 0 Å². The molecule has 1 heterocycles. The number of rotatable bonds is 5. The molecule has 0 radical (unpaired) electrons. The molecule has 1 aromatic heterocycles. The number of nitrogens with one attached hydrogen (secondary N) is 1. The van der Waals surface area contributed by atoms with Gasteiger partial charge in [-0.15, -0.1) is 0 Å². The number of carbonyl (C=O) groups excluding carboxylic acids is 1. The van der Waals surface area contributed by atoms with Gasteiger partial charge in [0.2, 0.25) is 0 Å². The number of aromatic nitrogens is 1. The smallest absolute Gasteiger partial charge is 0.257 e. The van der Waals surface area contributed by atoms with Crippen molar-refractivity contribution >= 4 is 37.8 Å². The van der Waals surface area contributed by atoms with Crippen LogP contribution < -0.4 is 5.32 Å². The normalized spacial score (nSPS) is 23.0. The zero-order chi connectivity index (χ0) is 20.5. The van der Waals surface area contributed by atoms with E-state index >= 15 is 0 Å². The second-order valence-electron chi connectivity index (χ2n) is 6.56. The molecule has 1 saturated carbocycles. The lowest BCUT2D eigenvalue weighted by molar-refractivity contribution is -0.111. The molecule has 1 amide bonds. The van der Waals surface area contributed by atoms with Crippen molar-refractivity contribution in [2.45, 2.75) is 30.1 Å². The van der Waals surface area contributed by atoms with Gasteiger partial charge in [0.15, 0.2) is 20.1 Å². The summed E-state index contributed by atoms with van der Waals surface area (Å²) in [5.74, 6) is -1.12. The molecule has 1 aliphatic rings. The van der Waals surface area contributed by atoms with Gasteiger partial charge in [0.1, 0.15) is 12.3 Å². The quantitative estimate of drug-likeness (QED) is 0.733. The van der Waals surface area contributed by atoms with Crippen LogP contribution >= 0.6 is 11.3 Å². The van der Waals surface area contributed by atoms with E-state index in [0.717, 1.165) is 12.5 Å². The van der Waals surface area contributed by atoms with Crippen LogP contribution in [0.1, 0.15) is 18.4 Å². The van der Waals surface area contributed by atoms with Crippen LogP contribution in [0.3, 0.4) is 0 Å². The van der Waals surface area contributed by atoms with E-state index in [9.17, 15) is 26.4 Å². The van der Waals surface area contributed by atoms with Gasteiger partial charge >= 0.3 is 0 Å². The Hall–Kier alpha value is -2.20. The Morgan fingerprint density at radius 2 is 1.82 bits per heavy atom. The van der Waals surface area contributed by atoms with Crippen molar-refractivity contribution in [2.75, 3.05) is 11.6 Å². The number of anilines is 1. The molecule has 150 valence electrons. The van der Waals surface area contributed by atoms with Crippen LogP contribution in [0.5, 0.6) is 0 Å². The molecular formula is C18H17F3N2O3S2. The maximum Gasteiger partial charge on any atom is 0.257 e. The van der Waals surface area contributed by atoms with Gasteiger partial charge in [-0.05, 0) is 36.5 Å². The number of hydrogen-bond donors (Lipinski definition) is 1. The predicted molar refractivity (Wildman–Crippen MR) is 101 cm³/mol. The van der Waals surface area contributed by atoms with Crippen molar-refractivity contribution in [3.05, 3.63) is 47.2 Å². The Kier molecular flexibility index (Phi) is 5.90. The van der Waals surface area contributed by atoms with Crippen LogP contribution in [0.2, 0.25) is 0 Å². The maximum absolute atomic E-state index is 13.5. The lowest BCUT2D eigenvalue weighted by atomic mass is 9.98. The first-order valence-corrected chi connectivity index (χ1v) is 11.1. The molecule has 28 heavy (non-hydrogen) atoms. The third-order valence-corrected chi connectivity index (χ3v) is 6.22. The van der Waals surface area contributed by atoms with E-state index in [1.807, 2.05) is 0 Å². The van der Waals surface area contributed by atoms with Gasteiger partial charge in [-0.2, -0.15) is 4.39 Å². The molecule has 1 aliphatic carbocycles. The molecule has 1 aromatic carbocycles. The summed E-state index contributed by atoms with van der Waals surface area (Å²) >= 11 is 0.642. The topological polar surface area (TPSA) is 76.1 Å². The van der Waals surface area contributed by atoms with Gasteiger partial charge in [0, 0.05) is 11.8 Å². The zero-order valence-electron chi connectivity index (χ0n) is 14.7. The van der Waals surface area contributed by atoms with Gasteiger partial charge in [0.05, 0.1) is 11.1 Å². The van der Waals surface area contributed by atoms with Gasteiger partial charge in [0.25, 0.3) is 5.91 Å². The second kappa shape index (κ2) is 8.04. The van der Waals surface area contributed by atoms with E-state index < -0.39 is 39.1 Å². The maximum atomic E-state index is 13.5. The van der Waals surface area contributed by atoms with Crippen LogP contribution in [-0.4, -0.2) is 37.9 Å². The van der Waals surface area contributed by atoms with Crippen LogP contribution in [-0.2, 0) is 14.6 Å². The number of amides is 1. The summed E-state index contributed by atoms with van der Waals surface area (Å²) in [5.41, 5.74) is 0.488. The monoisotopic (exact) mass is 430 g/mol. The Labute approximate surface area is 164 Å². The molecule has 0 spiro atoms. The summed E-state index contributed by atoms with van der Waals surface area (Å²) in [6.45, 7) is 0. The highest BCUT2D eigenvalue weighted by Crippen LogP contribution is 2.34. The number of sulfone groups is 1. The van der Waals surface area contributed by atoms with Crippen LogP contribution in [0, 0.1) is 11.0 Å². The fourth-order valence-electron chi connectivity index (χ4n) is 3.00. The van der Waals surface area contributed by atoms with Gasteiger partial charge in [-0.25, -0.2) is 22.2 Å². The lowest BCUT2D eigenvalue weighted by Crippen LogP contribution is -2.14. The zero-order valence-corrected chi connectivity index (χ0v) is 16.4. The average Bonchev–Trinajstić information content (AvgIpc) is 3.17. The highest BCUT2D eigenvalue weighted by Gasteiger charge is 2.34. The number of allylic oxidation sites excluding steroid dienone is 1. The summed E-state index contributed by atoms with van der Waals surface area (Å²) in [6, 6.07) is 5.58. The molecule has 3 rings (SSSR count). The summed E-state index contributed by atoms with van der Waals surface area (Å²) in [7, 11) is -3.42. The van der Waals surface area contributed by atoms with Crippen molar-refractivity contribution < 1.29 is 26.4 Å². The number of carbonyl (C=O) groups is 1. The summed E-state index contributed by atoms with van der Waals surface area (Å²) in [6.07, 6.45) is 0.210. The van der Waals surface area contributed by atoms with Gasteiger partial charge in [-0.1, -0.05) is 29.5 Å². The molecule has 10 heteroatoms. The van der Waals surface area contributed by atoms with E-state index in [2.05, 4.69) is 10.3 Å². The van der Waals surface area contributed by atoms with E-state index in [1.165, 1.54) is 30.3 Å². The SMILES string of the molecule is CS(=O)(=O)c1ccc(/C(=C\[C@H]2C[C@@H](F)[C@@H](F)C2)C(=O)Nc2ncc(F)s2)cc1. The van der Waals surface area contributed by atoms with Crippen molar-refractivity contribution in [2.24, 2.45) is 5.92 Å². The Bertz CT molecular complexity index is 993. The number of hydrogen-bond acceptors (Lipinski definition) is 5. The van der Waals surface area contributed by atoms with Crippen molar-refractivity contribution in [3.8, 4) is 0 Å². The predicted octanol–water partition coefficient (Wildman–Crippen LogP) is 3.79. The Balaban J connectivity index is 1.93. The molecule has 0 unspecified atom stereocenters. The van der Waals surface area contributed by atoms with E-state index in [0.29, 0.717) is 16.9 Å². The number of benzene rings is 1. The summed E-state index contributed by atoms with van der Waals surface area (Å²) in [5, 5.41) is 1.92. The minimum atomic E-state index is -3.42. The third-order valence-electron chi connectivity index (χ3n) is 4.39. The highest BCUT2D eigenvalue weighted by molar-refractivity contribution is 7.90. The number of alkyl halides is 2. The molecular weight excluding hydrogens is 413 g/mol. The first-order chi connectivity index (χ1) is 13.1. The summed E-state index contributed by atoms with van der Waals surface area (Å²) in [4.78, 5) is 16.5. The fraction of sp³-hybridized carbons (Fsp3) is 0.333. The molecule has 3 atom stereocenters. The Morgan fingerprint density at radius 1 is 1.21 bits per heavy atom. The van der Waals surface area contributed by atoms with Crippen molar-refractivity contribution in [1.29, 1.82) is 0 Å². The number of thiazole rings is 1. The molecule has 0 bridgehead atoms. The van der Waals surface area contributed by atoms with Crippen LogP contribution in [0.25, 0.3) is 5.57 Å². The number of nitrogens with zero attached hydrogens (tertiary/aromatic N) is 1. The molecule has 1 N–H and O–H groups in total. The summed E-state index contributed by atoms with van der Waals surface area (Å²) < 4.78 is 63.4. The first kappa shape index (κ1) is 20.5. The highest BCUT2D eigenvalue weighted by atomic mass is 32.2. The largest absolute Gasteiger partial charge is 0.298 e. The van der Waals surface area contributed by atoms with Crippen LogP contribution in [0.4, 0.5) is 18.3 Å². The molecule has 0 saturated heterocycles. The van der Waals surface area contributed by atoms with E-state index in [-0.39, 0.29) is 28.4 Å². The van der Waals surface area contributed by atoms with Crippen molar-refractivity contribution in [1.82, 2.24) is 4.98 Å². The molecule has 5 nitrogen and oxygen atoms in total.